The number of hydrogen-bond donors (Lipinski definition) is 0. The van der Waals surface area contributed by atoms with Gasteiger partial charge in [-0.25, -0.2) is 0 Å². The largest absolute Gasteiger partial charge is 0.143 e. The van der Waals surface area contributed by atoms with Gasteiger partial charge in [0.2, 0.25) is 0 Å². The van der Waals surface area contributed by atoms with Crippen LogP contribution in [0, 0.1) is 10.5 Å². The molecule has 0 saturated heterocycles. The fraction of sp³-hybridized carbons (Fsp3) is 0.200. The summed E-state index contributed by atoms with van der Waals surface area (Å²) in [5, 5.41) is 3.66. The summed E-state index contributed by atoms with van der Waals surface area (Å²) in [6.07, 6.45) is 2.12. The third-order valence-corrected chi connectivity index (χ3v) is 4.95. The number of thioether (sulfide) groups is 1. The Labute approximate surface area is 99.9 Å². The van der Waals surface area contributed by atoms with E-state index in [9.17, 15) is 0 Å². The van der Waals surface area contributed by atoms with Gasteiger partial charge in [0.15, 0.2) is 0 Å². The molecule has 0 N–H and O–H groups in total. The van der Waals surface area contributed by atoms with Crippen LogP contribution in [0.4, 0.5) is 0 Å². The average molecular weight is 320 g/mol. The molecule has 0 bridgehead atoms. The molecule has 0 spiro atoms. The Bertz CT molecular complexity index is 445. The quantitative estimate of drug-likeness (QED) is 0.549. The third-order valence-electron chi connectivity index (χ3n) is 2.04. The molecule has 2 aromatic rings. The van der Waals surface area contributed by atoms with Crippen LogP contribution in [0.1, 0.15) is 5.56 Å². The van der Waals surface area contributed by atoms with Crippen molar-refractivity contribution in [2.24, 2.45) is 0 Å². The van der Waals surface area contributed by atoms with Gasteiger partial charge in [-0.15, -0.1) is 23.1 Å². The lowest BCUT2D eigenvalue weighted by Gasteiger charge is -2.01. The van der Waals surface area contributed by atoms with Crippen molar-refractivity contribution in [2.75, 3.05) is 6.26 Å². The smallest absolute Gasteiger partial charge is 0.0367 e. The SMILES string of the molecule is CSc1cc(C)c2c(I)csc2c1. The fourth-order valence-corrected chi connectivity index (χ4v) is 4.23. The Balaban J connectivity index is 2.79. The Morgan fingerprint density at radius 3 is 2.85 bits per heavy atom. The van der Waals surface area contributed by atoms with Crippen molar-refractivity contribution in [3.8, 4) is 0 Å². The molecule has 0 saturated carbocycles. The molecule has 0 fully saturated rings. The first-order valence-electron chi connectivity index (χ1n) is 3.93. The van der Waals surface area contributed by atoms with Crippen molar-refractivity contribution in [1.29, 1.82) is 0 Å². The molecule has 0 nitrogen and oxygen atoms in total. The van der Waals surface area contributed by atoms with Crippen LogP contribution < -0.4 is 0 Å². The van der Waals surface area contributed by atoms with E-state index < -0.39 is 0 Å². The fourth-order valence-electron chi connectivity index (χ4n) is 1.41. The molecule has 0 aliphatic carbocycles. The topological polar surface area (TPSA) is 0 Å². The van der Waals surface area contributed by atoms with Gasteiger partial charge in [0.1, 0.15) is 0 Å². The third kappa shape index (κ3) is 1.74. The molecular formula is C10H9IS2. The summed E-state index contributed by atoms with van der Waals surface area (Å²) < 4.78 is 2.79. The van der Waals surface area contributed by atoms with Gasteiger partial charge in [0.25, 0.3) is 0 Å². The second kappa shape index (κ2) is 3.79. The summed E-state index contributed by atoms with van der Waals surface area (Å²) in [5.41, 5.74) is 1.40. The summed E-state index contributed by atoms with van der Waals surface area (Å²) in [6, 6.07) is 4.54. The van der Waals surface area contributed by atoms with E-state index in [1.54, 1.807) is 0 Å². The van der Waals surface area contributed by atoms with E-state index in [-0.39, 0.29) is 0 Å². The number of halogens is 1. The van der Waals surface area contributed by atoms with E-state index in [1.165, 1.54) is 24.1 Å². The van der Waals surface area contributed by atoms with Crippen LogP contribution in [0.2, 0.25) is 0 Å². The number of fused-ring (bicyclic) bond motifs is 1. The Kier molecular flexibility index (Phi) is 2.86. The van der Waals surface area contributed by atoms with E-state index in [0.29, 0.717) is 0 Å². The van der Waals surface area contributed by atoms with Crippen LogP contribution >= 0.6 is 45.7 Å². The summed E-state index contributed by atoms with van der Waals surface area (Å²) >= 11 is 6.05. The van der Waals surface area contributed by atoms with Gasteiger partial charge in [0, 0.05) is 23.9 Å². The predicted molar refractivity (Wildman–Crippen MR) is 71.1 cm³/mol. The van der Waals surface area contributed by atoms with Gasteiger partial charge in [-0.1, -0.05) is 0 Å². The maximum Gasteiger partial charge on any atom is 0.0367 e. The molecule has 1 aromatic carbocycles. The molecule has 0 unspecified atom stereocenters. The normalized spacial score (nSPS) is 11.0. The molecule has 68 valence electrons. The van der Waals surface area contributed by atoms with E-state index >= 15 is 0 Å². The molecule has 1 aromatic heterocycles. The molecular weight excluding hydrogens is 311 g/mol. The molecule has 1 heterocycles. The van der Waals surface area contributed by atoms with Crippen LogP contribution in [0.25, 0.3) is 10.1 Å². The predicted octanol–water partition coefficient (Wildman–Crippen LogP) is 4.54. The standard InChI is InChI=1S/C10H9IS2/c1-6-3-7(12-2)4-9-10(6)8(11)5-13-9/h3-5H,1-2H3. The van der Waals surface area contributed by atoms with E-state index in [4.69, 9.17) is 0 Å². The Morgan fingerprint density at radius 2 is 2.15 bits per heavy atom. The minimum atomic E-state index is 1.36. The van der Waals surface area contributed by atoms with Crippen LogP contribution in [-0.4, -0.2) is 6.26 Å². The first-order chi connectivity index (χ1) is 6.22. The second-order valence-corrected chi connectivity index (χ2v) is 5.85. The highest BCUT2D eigenvalue weighted by Crippen LogP contribution is 2.33. The zero-order chi connectivity index (χ0) is 9.42. The van der Waals surface area contributed by atoms with Crippen LogP contribution in [0.5, 0.6) is 0 Å². The summed E-state index contributed by atoms with van der Waals surface area (Å²) in [5.74, 6) is 0. The summed E-state index contributed by atoms with van der Waals surface area (Å²) in [4.78, 5) is 1.36. The average Bonchev–Trinajstić information content (AvgIpc) is 2.48. The maximum atomic E-state index is 2.41. The zero-order valence-corrected chi connectivity index (χ0v) is 11.2. The second-order valence-electron chi connectivity index (χ2n) is 2.90. The van der Waals surface area contributed by atoms with E-state index in [1.807, 2.05) is 23.1 Å². The summed E-state index contributed by atoms with van der Waals surface area (Å²) in [6.45, 7) is 2.19. The molecule has 0 amide bonds. The lowest BCUT2D eigenvalue weighted by atomic mass is 10.1. The molecule has 13 heavy (non-hydrogen) atoms. The maximum absolute atomic E-state index is 2.41. The van der Waals surface area contributed by atoms with E-state index in [0.717, 1.165) is 0 Å². The molecule has 3 heteroatoms. The van der Waals surface area contributed by atoms with Gasteiger partial charge < -0.3 is 0 Å². The first-order valence-corrected chi connectivity index (χ1v) is 7.12. The van der Waals surface area contributed by atoms with Crippen molar-refractivity contribution >= 4 is 55.8 Å². The van der Waals surface area contributed by atoms with Crippen molar-refractivity contribution in [1.82, 2.24) is 0 Å². The van der Waals surface area contributed by atoms with E-state index in [2.05, 4.69) is 53.3 Å². The lowest BCUT2D eigenvalue weighted by molar-refractivity contribution is 1.42. The zero-order valence-electron chi connectivity index (χ0n) is 7.43. The lowest BCUT2D eigenvalue weighted by Crippen LogP contribution is -1.77. The van der Waals surface area contributed by atoms with Crippen LogP contribution in [0.3, 0.4) is 0 Å². The van der Waals surface area contributed by atoms with Gasteiger partial charge in [-0.05, 0) is 53.5 Å². The highest BCUT2D eigenvalue weighted by molar-refractivity contribution is 14.1. The minimum absolute atomic E-state index is 1.36. The van der Waals surface area contributed by atoms with Gasteiger partial charge in [-0.2, -0.15) is 0 Å². The number of aryl methyl sites for hydroxylation is 1. The van der Waals surface area contributed by atoms with Gasteiger partial charge in [0.05, 0.1) is 0 Å². The molecule has 0 atom stereocenters. The number of hydrogen-bond acceptors (Lipinski definition) is 2. The van der Waals surface area contributed by atoms with Crippen LogP contribution in [0.15, 0.2) is 22.4 Å². The minimum Gasteiger partial charge on any atom is -0.143 e. The van der Waals surface area contributed by atoms with Gasteiger partial charge in [-0.3, -0.25) is 0 Å². The van der Waals surface area contributed by atoms with Crippen molar-refractivity contribution in [2.45, 2.75) is 11.8 Å². The molecule has 0 aliphatic rings. The first kappa shape index (κ1) is 9.80. The highest BCUT2D eigenvalue weighted by Gasteiger charge is 2.05. The Morgan fingerprint density at radius 1 is 1.38 bits per heavy atom. The molecule has 0 aliphatic heterocycles. The molecule has 0 radical (unpaired) electrons. The van der Waals surface area contributed by atoms with Crippen molar-refractivity contribution in [3.05, 3.63) is 26.6 Å². The van der Waals surface area contributed by atoms with Crippen molar-refractivity contribution in [3.63, 3.8) is 0 Å². The van der Waals surface area contributed by atoms with Crippen LogP contribution in [-0.2, 0) is 0 Å². The monoisotopic (exact) mass is 320 g/mol. The number of rotatable bonds is 1. The highest BCUT2D eigenvalue weighted by atomic mass is 127. The van der Waals surface area contributed by atoms with Gasteiger partial charge >= 0.3 is 0 Å². The number of thiophene rings is 1. The Hall–Kier alpha value is 0.260. The summed E-state index contributed by atoms with van der Waals surface area (Å²) in [7, 11) is 0. The van der Waals surface area contributed by atoms with Crippen molar-refractivity contribution < 1.29 is 0 Å². The number of benzene rings is 1. The molecule has 2 rings (SSSR count).